The Hall–Kier alpha value is -3.13. The number of phenolic OH excluding ortho intramolecular Hbond substituents is 1. The number of phenols is 1. The summed E-state index contributed by atoms with van der Waals surface area (Å²) in [5, 5.41) is 20.4. The Morgan fingerprint density at radius 2 is 1.32 bits per heavy atom. The van der Waals surface area contributed by atoms with Crippen molar-refractivity contribution in [1.29, 1.82) is 0 Å². The third kappa shape index (κ3) is 11.3. The van der Waals surface area contributed by atoms with E-state index in [0.717, 1.165) is 24.6 Å². The number of ether oxygens (including phenoxy) is 1. The Kier molecular flexibility index (Phi) is 13.9. The van der Waals surface area contributed by atoms with Crippen molar-refractivity contribution < 1.29 is 18.3 Å². The van der Waals surface area contributed by atoms with Gasteiger partial charge in [0.25, 0.3) is 0 Å². The molecule has 41 heavy (non-hydrogen) atoms. The van der Waals surface area contributed by atoms with E-state index in [-0.39, 0.29) is 17.2 Å². The zero-order chi connectivity index (χ0) is 29.3. The summed E-state index contributed by atoms with van der Waals surface area (Å²) in [5.41, 5.74) is 1.18. The van der Waals surface area contributed by atoms with Crippen molar-refractivity contribution in [2.24, 2.45) is 10.2 Å². The number of methoxy groups -OCH3 is 1. The summed E-state index contributed by atoms with van der Waals surface area (Å²) in [7, 11) is -1.97. The first-order chi connectivity index (χ1) is 19.9. The molecule has 0 aliphatic carbocycles. The monoisotopic (exact) mass is 581 g/mol. The minimum Gasteiger partial charge on any atom is -0.506 e. The summed E-state index contributed by atoms with van der Waals surface area (Å²) in [4.78, 5) is 0. The third-order valence-electron chi connectivity index (χ3n) is 7.37. The van der Waals surface area contributed by atoms with Gasteiger partial charge in [-0.25, -0.2) is 8.42 Å². The highest BCUT2D eigenvalue weighted by molar-refractivity contribution is 7.92. The van der Waals surface area contributed by atoms with Gasteiger partial charge in [-0.15, -0.1) is 5.11 Å². The van der Waals surface area contributed by atoms with Crippen molar-refractivity contribution in [3.8, 4) is 11.5 Å². The highest BCUT2D eigenvalue weighted by atomic mass is 32.2. The van der Waals surface area contributed by atoms with Crippen molar-refractivity contribution >= 4 is 37.9 Å². The van der Waals surface area contributed by atoms with Gasteiger partial charge in [-0.3, -0.25) is 4.72 Å². The molecule has 0 unspecified atom stereocenters. The molecule has 8 heteroatoms. The van der Waals surface area contributed by atoms with Crippen molar-refractivity contribution in [1.82, 2.24) is 0 Å². The number of sulfonamides is 1. The normalized spacial score (nSPS) is 11.9. The standard InChI is InChI=1S/C33H47N3O4S/c1-3-4-5-6-7-8-9-10-11-12-13-14-15-16-26-41(38,39)36-30-19-17-18-27-20-25-31(37)33(32(27)30)35-34-28-21-23-29(40-2)24-22-28/h17-25,36-37H,3-16,26H2,1-2H3. The maximum absolute atomic E-state index is 13.0. The Morgan fingerprint density at radius 3 is 1.90 bits per heavy atom. The summed E-state index contributed by atoms with van der Waals surface area (Å²) < 4.78 is 33.8. The molecule has 2 N–H and O–H groups in total. The van der Waals surface area contributed by atoms with Crippen LogP contribution < -0.4 is 9.46 Å². The van der Waals surface area contributed by atoms with Crippen LogP contribution in [0, 0.1) is 0 Å². The van der Waals surface area contributed by atoms with Crippen LogP contribution in [0.1, 0.15) is 96.8 Å². The Balaban J connectivity index is 1.48. The van der Waals surface area contributed by atoms with Crippen LogP contribution in [0.2, 0.25) is 0 Å². The first-order valence-electron chi connectivity index (χ1n) is 15.2. The molecule has 0 aromatic heterocycles. The number of benzene rings is 3. The fourth-order valence-electron chi connectivity index (χ4n) is 5.00. The number of azo groups is 1. The van der Waals surface area contributed by atoms with E-state index < -0.39 is 10.0 Å². The van der Waals surface area contributed by atoms with E-state index in [9.17, 15) is 13.5 Å². The minimum absolute atomic E-state index is 0.0585. The summed E-state index contributed by atoms with van der Waals surface area (Å²) in [5.74, 6) is 0.684. The summed E-state index contributed by atoms with van der Waals surface area (Å²) in [6.45, 7) is 2.26. The molecule has 224 valence electrons. The Labute approximate surface area is 246 Å². The zero-order valence-corrected chi connectivity index (χ0v) is 25.6. The van der Waals surface area contributed by atoms with Gasteiger partial charge in [0.2, 0.25) is 10.0 Å². The number of hydrogen-bond acceptors (Lipinski definition) is 6. The van der Waals surface area contributed by atoms with Gasteiger partial charge < -0.3 is 9.84 Å². The van der Waals surface area contributed by atoms with Crippen molar-refractivity contribution in [3.63, 3.8) is 0 Å². The summed E-state index contributed by atoms with van der Waals surface area (Å²) in [6.07, 6.45) is 17.1. The number of fused-ring (bicyclic) bond motifs is 1. The average Bonchev–Trinajstić information content (AvgIpc) is 2.97. The molecule has 0 saturated heterocycles. The predicted molar refractivity (Wildman–Crippen MR) is 171 cm³/mol. The van der Waals surface area contributed by atoms with Gasteiger partial charge in [-0.05, 0) is 48.2 Å². The fourth-order valence-corrected chi connectivity index (χ4v) is 6.19. The molecule has 7 nitrogen and oxygen atoms in total. The van der Waals surface area contributed by atoms with E-state index in [4.69, 9.17) is 4.74 Å². The number of rotatable bonds is 20. The van der Waals surface area contributed by atoms with Gasteiger partial charge in [-0.1, -0.05) is 109 Å². The number of aromatic hydroxyl groups is 1. The zero-order valence-electron chi connectivity index (χ0n) is 24.8. The van der Waals surface area contributed by atoms with Crippen LogP contribution in [0.5, 0.6) is 11.5 Å². The molecule has 0 fully saturated rings. The predicted octanol–water partition coefficient (Wildman–Crippen LogP) is 10.2. The number of anilines is 1. The van der Waals surface area contributed by atoms with E-state index in [2.05, 4.69) is 21.9 Å². The van der Waals surface area contributed by atoms with Crippen LogP contribution in [0.4, 0.5) is 17.1 Å². The van der Waals surface area contributed by atoms with Crippen molar-refractivity contribution in [3.05, 3.63) is 54.6 Å². The SMILES string of the molecule is CCCCCCCCCCCCCCCCS(=O)(=O)Nc1cccc2ccc(O)c(N=Nc3ccc(OC)cc3)c12. The van der Waals surface area contributed by atoms with Crippen molar-refractivity contribution in [2.75, 3.05) is 17.6 Å². The lowest BCUT2D eigenvalue weighted by Crippen LogP contribution is -2.16. The third-order valence-corrected chi connectivity index (χ3v) is 8.72. The quantitative estimate of drug-likeness (QED) is 0.102. The van der Waals surface area contributed by atoms with E-state index >= 15 is 0 Å². The molecule has 3 aromatic rings. The van der Waals surface area contributed by atoms with Gasteiger partial charge >= 0.3 is 0 Å². The molecule has 0 aliphatic heterocycles. The van der Waals surface area contributed by atoms with Crippen LogP contribution in [0.15, 0.2) is 64.8 Å². The van der Waals surface area contributed by atoms with Crippen LogP contribution in [-0.4, -0.2) is 26.4 Å². The molecule has 0 saturated carbocycles. The minimum atomic E-state index is -3.56. The average molecular weight is 582 g/mol. The van der Waals surface area contributed by atoms with Crippen LogP contribution >= 0.6 is 0 Å². The molecule has 0 amide bonds. The van der Waals surface area contributed by atoms with Gasteiger partial charge in [0.1, 0.15) is 17.2 Å². The molecule has 0 aliphatic rings. The van der Waals surface area contributed by atoms with Crippen LogP contribution in [0.25, 0.3) is 10.8 Å². The number of unbranched alkanes of at least 4 members (excludes halogenated alkanes) is 13. The van der Waals surface area contributed by atoms with Crippen molar-refractivity contribution in [2.45, 2.75) is 96.8 Å². The second kappa shape index (κ2) is 17.6. The lowest BCUT2D eigenvalue weighted by Gasteiger charge is -2.13. The molecular formula is C33H47N3O4S. The molecule has 3 rings (SSSR count). The van der Waals surface area contributed by atoms with Gasteiger partial charge in [-0.2, -0.15) is 5.11 Å². The molecule has 3 aromatic carbocycles. The second-order valence-corrected chi connectivity index (χ2v) is 12.6. The van der Waals surface area contributed by atoms with Gasteiger partial charge in [0.05, 0.1) is 24.2 Å². The number of nitrogens with zero attached hydrogens (tertiary/aromatic N) is 2. The topological polar surface area (TPSA) is 100 Å². The molecular weight excluding hydrogens is 534 g/mol. The lowest BCUT2D eigenvalue weighted by atomic mass is 10.0. The maximum Gasteiger partial charge on any atom is 0.232 e. The molecule has 0 radical (unpaired) electrons. The number of nitrogens with one attached hydrogen (secondary N) is 1. The molecule has 0 spiro atoms. The van der Waals surface area contributed by atoms with Crippen LogP contribution in [-0.2, 0) is 10.0 Å². The molecule has 0 heterocycles. The second-order valence-electron chi connectivity index (χ2n) is 10.8. The maximum atomic E-state index is 13.0. The number of hydrogen-bond donors (Lipinski definition) is 2. The molecule has 0 bridgehead atoms. The van der Waals surface area contributed by atoms with Gasteiger partial charge in [0, 0.05) is 5.39 Å². The van der Waals surface area contributed by atoms with E-state index in [1.165, 1.54) is 70.3 Å². The first kappa shape index (κ1) is 32.4. The summed E-state index contributed by atoms with van der Waals surface area (Å²) >= 11 is 0. The highest BCUT2D eigenvalue weighted by Gasteiger charge is 2.16. The van der Waals surface area contributed by atoms with Crippen LogP contribution in [0.3, 0.4) is 0 Å². The van der Waals surface area contributed by atoms with E-state index in [1.54, 1.807) is 49.6 Å². The molecule has 0 atom stereocenters. The Morgan fingerprint density at radius 1 is 0.732 bits per heavy atom. The smallest absolute Gasteiger partial charge is 0.232 e. The van der Waals surface area contributed by atoms with Gasteiger partial charge in [0.15, 0.2) is 0 Å². The van der Waals surface area contributed by atoms with E-state index in [1.807, 2.05) is 6.07 Å². The lowest BCUT2D eigenvalue weighted by molar-refractivity contribution is 0.415. The highest BCUT2D eigenvalue weighted by Crippen LogP contribution is 2.40. The summed E-state index contributed by atoms with van der Waals surface area (Å²) in [6, 6.07) is 15.7. The Bertz CT molecular complexity index is 1320. The fraction of sp³-hybridized carbons (Fsp3) is 0.515. The largest absolute Gasteiger partial charge is 0.506 e. The van der Waals surface area contributed by atoms with E-state index in [0.29, 0.717) is 28.9 Å². The first-order valence-corrected chi connectivity index (χ1v) is 16.9.